The molecule has 98 valence electrons. The van der Waals surface area contributed by atoms with Gasteiger partial charge < -0.3 is 5.32 Å². The Hall–Kier alpha value is -0.820. The molecule has 0 spiro atoms. The van der Waals surface area contributed by atoms with Crippen LogP contribution in [0.25, 0.3) is 0 Å². The average Bonchev–Trinajstić information content (AvgIpc) is 2.65. The monoisotopic (exact) mass is 259 g/mol. The molecular formula is C10H21N5OS. The zero-order chi connectivity index (χ0) is 12.8. The molecule has 2 atom stereocenters. The minimum absolute atomic E-state index is 0.0577. The van der Waals surface area contributed by atoms with Crippen molar-refractivity contribution in [2.45, 2.75) is 39.1 Å². The minimum Gasteiger partial charge on any atom is -0.310 e. The lowest BCUT2D eigenvalue weighted by atomic mass is 10.2. The van der Waals surface area contributed by atoms with Crippen molar-refractivity contribution in [3.63, 3.8) is 0 Å². The first-order valence-corrected chi connectivity index (χ1v) is 7.40. The van der Waals surface area contributed by atoms with Crippen molar-refractivity contribution in [3.8, 4) is 0 Å². The van der Waals surface area contributed by atoms with Crippen LogP contribution < -0.4 is 5.32 Å². The van der Waals surface area contributed by atoms with E-state index in [4.69, 9.17) is 0 Å². The molecule has 0 aliphatic rings. The molecule has 0 bridgehead atoms. The van der Waals surface area contributed by atoms with Crippen molar-refractivity contribution < 1.29 is 4.21 Å². The van der Waals surface area contributed by atoms with E-state index < -0.39 is 10.8 Å². The predicted molar refractivity (Wildman–Crippen MR) is 67.9 cm³/mol. The van der Waals surface area contributed by atoms with E-state index in [2.05, 4.69) is 34.7 Å². The molecule has 1 aromatic rings. The Labute approximate surface area is 105 Å². The third-order valence-corrected chi connectivity index (χ3v) is 3.72. The molecule has 2 unspecified atom stereocenters. The molecule has 0 saturated carbocycles. The molecule has 0 aromatic carbocycles. The maximum atomic E-state index is 11.3. The Kier molecular flexibility index (Phi) is 5.70. The first kappa shape index (κ1) is 14.2. The summed E-state index contributed by atoms with van der Waals surface area (Å²) in [6, 6.07) is 0. The summed E-state index contributed by atoms with van der Waals surface area (Å²) >= 11 is 0. The van der Waals surface area contributed by atoms with Crippen molar-refractivity contribution >= 4 is 10.8 Å². The van der Waals surface area contributed by atoms with Gasteiger partial charge in [0.1, 0.15) is 0 Å². The SMILES string of the molecule is CC(C)CNCc1nnnn1CC(C)S(C)=O. The Bertz CT molecular complexity index is 365. The van der Waals surface area contributed by atoms with Gasteiger partial charge >= 0.3 is 0 Å². The van der Waals surface area contributed by atoms with E-state index in [-0.39, 0.29) is 5.25 Å². The van der Waals surface area contributed by atoms with Crippen LogP contribution >= 0.6 is 0 Å². The van der Waals surface area contributed by atoms with Crippen LogP contribution in [-0.2, 0) is 23.9 Å². The lowest BCUT2D eigenvalue weighted by Gasteiger charge is -2.10. The first-order chi connectivity index (χ1) is 8.00. The van der Waals surface area contributed by atoms with Gasteiger partial charge in [0.15, 0.2) is 5.82 Å². The van der Waals surface area contributed by atoms with E-state index in [0.717, 1.165) is 12.4 Å². The van der Waals surface area contributed by atoms with Crippen molar-refractivity contribution in [2.24, 2.45) is 5.92 Å². The normalized spacial score (nSPS) is 15.1. The third-order valence-electron chi connectivity index (χ3n) is 2.44. The second-order valence-electron chi connectivity index (χ2n) is 4.61. The fourth-order valence-corrected chi connectivity index (χ4v) is 1.66. The lowest BCUT2D eigenvalue weighted by Crippen LogP contribution is -2.25. The van der Waals surface area contributed by atoms with Gasteiger partial charge in [-0.3, -0.25) is 4.21 Å². The molecule has 17 heavy (non-hydrogen) atoms. The fraction of sp³-hybridized carbons (Fsp3) is 0.900. The summed E-state index contributed by atoms with van der Waals surface area (Å²) in [5, 5.41) is 14.9. The molecule has 6 nitrogen and oxygen atoms in total. The predicted octanol–water partition coefficient (Wildman–Crippen LogP) is 0.186. The highest BCUT2D eigenvalue weighted by Gasteiger charge is 2.12. The number of nitrogens with zero attached hydrogens (tertiary/aromatic N) is 4. The molecule has 7 heteroatoms. The maximum absolute atomic E-state index is 11.3. The van der Waals surface area contributed by atoms with Crippen LogP contribution in [0.15, 0.2) is 0 Å². The number of tetrazole rings is 1. The molecule has 0 radical (unpaired) electrons. The standard InChI is InChI=1S/C10H21N5OS/c1-8(2)5-11-6-10-12-13-14-15(10)7-9(3)17(4)16/h8-9,11H,5-7H2,1-4H3. The summed E-state index contributed by atoms with van der Waals surface area (Å²) < 4.78 is 13.0. The van der Waals surface area contributed by atoms with Gasteiger partial charge in [0.2, 0.25) is 0 Å². The first-order valence-electron chi connectivity index (χ1n) is 5.78. The number of hydrogen-bond donors (Lipinski definition) is 1. The summed E-state index contributed by atoms with van der Waals surface area (Å²) in [6.45, 7) is 8.41. The van der Waals surface area contributed by atoms with Gasteiger partial charge in [-0.2, -0.15) is 0 Å². The van der Waals surface area contributed by atoms with Gasteiger partial charge in [-0.05, 0) is 29.8 Å². The molecule has 0 saturated heterocycles. The van der Waals surface area contributed by atoms with Crippen molar-refractivity contribution in [1.29, 1.82) is 0 Å². The summed E-state index contributed by atoms with van der Waals surface area (Å²) in [5.41, 5.74) is 0. The lowest BCUT2D eigenvalue weighted by molar-refractivity contribution is 0.506. The molecule has 0 aliphatic heterocycles. The van der Waals surface area contributed by atoms with Gasteiger partial charge in [-0.15, -0.1) is 5.10 Å². The summed E-state index contributed by atoms with van der Waals surface area (Å²) in [6.07, 6.45) is 1.70. The molecule has 0 aliphatic carbocycles. The molecule has 1 rings (SSSR count). The molecule has 1 aromatic heterocycles. The number of nitrogens with one attached hydrogen (secondary N) is 1. The van der Waals surface area contributed by atoms with Gasteiger partial charge in [0.05, 0.1) is 18.3 Å². The van der Waals surface area contributed by atoms with E-state index >= 15 is 0 Å². The molecule has 1 N–H and O–H groups in total. The highest BCUT2D eigenvalue weighted by molar-refractivity contribution is 7.84. The maximum Gasteiger partial charge on any atom is 0.165 e. The molecule has 0 amide bonds. The van der Waals surface area contributed by atoms with Gasteiger partial charge in [-0.25, -0.2) is 4.68 Å². The Morgan fingerprint density at radius 1 is 1.41 bits per heavy atom. The van der Waals surface area contributed by atoms with E-state index in [1.54, 1.807) is 10.9 Å². The van der Waals surface area contributed by atoms with Crippen molar-refractivity contribution in [1.82, 2.24) is 25.5 Å². The van der Waals surface area contributed by atoms with Gasteiger partial charge in [0, 0.05) is 17.1 Å². The van der Waals surface area contributed by atoms with E-state index in [1.165, 1.54) is 0 Å². The van der Waals surface area contributed by atoms with Gasteiger partial charge in [0.25, 0.3) is 0 Å². The van der Waals surface area contributed by atoms with Crippen LogP contribution in [0, 0.1) is 5.92 Å². The second kappa shape index (κ2) is 6.80. The highest BCUT2D eigenvalue weighted by atomic mass is 32.2. The van der Waals surface area contributed by atoms with Crippen LogP contribution in [-0.4, -0.2) is 42.5 Å². The average molecular weight is 259 g/mol. The van der Waals surface area contributed by atoms with E-state index in [0.29, 0.717) is 19.0 Å². The zero-order valence-corrected chi connectivity index (χ0v) is 11.7. The Morgan fingerprint density at radius 3 is 2.71 bits per heavy atom. The minimum atomic E-state index is -0.853. The zero-order valence-electron chi connectivity index (χ0n) is 10.9. The number of rotatable bonds is 7. The summed E-state index contributed by atoms with van der Waals surface area (Å²) in [4.78, 5) is 0. The van der Waals surface area contributed by atoms with Crippen LogP contribution in [0.1, 0.15) is 26.6 Å². The topological polar surface area (TPSA) is 72.7 Å². The quantitative estimate of drug-likeness (QED) is 0.756. The van der Waals surface area contributed by atoms with Crippen molar-refractivity contribution in [2.75, 3.05) is 12.8 Å². The van der Waals surface area contributed by atoms with Crippen molar-refractivity contribution in [3.05, 3.63) is 5.82 Å². The van der Waals surface area contributed by atoms with Crippen LogP contribution in [0.3, 0.4) is 0 Å². The third kappa shape index (κ3) is 4.91. The smallest absolute Gasteiger partial charge is 0.165 e. The summed E-state index contributed by atoms with van der Waals surface area (Å²) in [5.74, 6) is 1.39. The Balaban J connectivity index is 2.51. The molecule has 1 heterocycles. The Morgan fingerprint density at radius 2 is 2.12 bits per heavy atom. The van der Waals surface area contributed by atoms with Crippen LogP contribution in [0.4, 0.5) is 0 Å². The van der Waals surface area contributed by atoms with Crippen LogP contribution in [0.2, 0.25) is 0 Å². The second-order valence-corrected chi connectivity index (χ2v) is 6.41. The summed E-state index contributed by atoms with van der Waals surface area (Å²) in [7, 11) is -0.853. The highest BCUT2D eigenvalue weighted by Crippen LogP contribution is 2.00. The number of aromatic nitrogens is 4. The van der Waals surface area contributed by atoms with E-state index in [1.807, 2.05) is 6.92 Å². The van der Waals surface area contributed by atoms with Crippen LogP contribution in [0.5, 0.6) is 0 Å². The molecular weight excluding hydrogens is 238 g/mol. The fourth-order valence-electron chi connectivity index (χ4n) is 1.31. The van der Waals surface area contributed by atoms with E-state index in [9.17, 15) is 4.21 Å². The van der Waals surface area contributed by atoms with Gasteiger partial charge in [-0.1, -0.05) is 13.8 Å². The number of hydrogen-bond acceptors (Lipinski definition) is 5. The largest absolute Gasteiger partial charge is 0.310 e. The molecule has 0 fully saturated rings.